The van der Waals surface area contributed by atoms with Crippen molar-refractivity contribution >= 4 is 12.0 Å². The van der Waals surface area contributed by atoms with Gasteiger partial charge in [-0.2, -0.15) is 0 Å². The second kappa shape index (κ2) is 7.95. The van der Waals surface area contributed by atoms with Crippen molar-refractivity contribution in [3.63, 3.8) is 0 Å². The second-order valence-corrected chi connectivity index (χ2v) is 6.41. The molecule has 1 aromatic carbocycles. The molecule has 1 rings (SSSR count). The van der Waals surface area contributed by atoms with E-state index in [-0.39, 0.29) is 5.92 Å². The molecule has 0 saturated carbocycles. The van der Waals surface area contributed by atoms with Crippen molar-refractivity contribution in [1.82, 2.24) is 0 Å². The molecule has 3 nitrogen and oxygen atoms in total. The van der Waals surface area contributed by atoms with Crippen LogP contribution in [-0.4, -0.2) is 22.8 Å². The monoisotopic (exact) mass is 302 g/mol. The largest absolute Gasteiger partial charge is 0.459 e. The third-order valence-electron chi connectivity index (χ3n) is 3.23. The molecule has 0 aliphatic rings. The SMILES string of the molecule is C=CC(C(=O)OC(C)(C)C)C(O)C(C)/C=C/c1ccccc1. The first-order valence-electron chi connectivity index (χ1n) is 7.51. The molecule has 0 aromatic heterocycles. The minimum absolute atomic E-state index is 0.198. The lowest BCUT2D eigenvalue weighted by molar-refractivity contribution is -0.162. The van der Waals surface area contributed by atoms with Crippen molar-refractivity contribution in [3.05, 3.63) is 54.6 Å². The molecule has 3 unspecified atom stereocenters. The van der Waals surface area contributed by atoms with Gasteiger partial charge in [-0.3, -0.25) is 4.79 Å². The molecule has 0 amide bonds. The molecule has 1 N–H and O–H groups in total. The van der Waals surface area contributed by atoms with Gasteiger partial charge < -0.3 is 9.84 Å². The van der Waals surface area contributed by atoms with E-state index < -0.39 is 23.6 Å². The van der Waals surface area contributed by atoms with E-state index in [9.17, 15) is 9.90 Å². The molecule has 0 fully saturated rings. The average Bonchev–Trinajstić information content (AvgIpc) is 2.44. The molecule has 0 radical (unpaired) electrons. The van der Waals surface area contributed by atoms with Crippen LogP contribution in [0.1, 0.15) is 33.3 Å². The molecule has 0 saturated heterocycles. The van der Waals surface area contributed by atoms with Crippen molar-refractivity contribution in [2.75, 3.05) is 0 Å². The van der Waals surface area contributed by atoms with E-state index in [0.29, 0.717) is 0 Å². The summed E-state index contributed by atoms with van der Waals surface area (Å²) in [5.41, 5.74) is 0.468. The Bertz CT molecular complexity index is 511. The molecular formula is C19H26O3. The van der Waals surface area contributed by atoms with Crippen molar-refractivity contribution in [1.29, 1.82) is 0 Å². The fraction of sp³-hybridized carbons (Fsp3) is 0.421. The smallest absolute Gasteiger partial charge is 0.315 e. The summed E-state index contributed by atoms with van der Waals surface area (Å²) in [5, 5.41) is 10.4. The molecular weight excluding hydrogens is 276 g/mol. The van der Waals surface area contributed by atoms with Crippen LogP contribution in [-0.2, 0) is 9.53 Å². The number of ether oxygens (including phenoxy) is 1. The summed E-state index contributed by atoms with van der Waals surface area (Å²) in [6, 6.07) is 9.82. The van der Waals surface area contributed by atoms with Crippen molar-refractivity contribution in [2.45, 2.75) is 39.4 Å². The van der Waals surface area contributed by atoms with Gasteiger partial charge >= 0.3 is 5.97 Å². The summed E-state index contributed by atoms with van der Waals surface area (Å²) in [4.78, 5) is 12.1. The molecule has 1 aromatic rings. The maximum absolute atomic E-state index is 12.1. The molecule has 0 bridgehead atoms. The number of rotatable bonds is 6. The van der Waals surface area contributed by atoms with Gasteiger partial charge in [-0.1, -0.05) is 55.5 Å². The minimum atomic E-state index is -0.868. The molecule has 3 heteroatoms. The predicted molar refractivity (Wildman–Crippen MR) is 90.2 cm³/mol. The molecule has 0 spiro atoms. The van der Waals surface area contributed by atoms with Crippen molar-refractivity contribution < 1.29 is 14.6 Å². The summed E-state index contributed by atoms with van der Waals surface area (Å²) < 4.78 is 5.33. The highest BCUT2D eigenvalue weighted by molar-refractivity contribution is 5.75. The van der Waals surface area contributed by atoms with Gasteiger partial charge in [-0.25, -0.2) is 0 Å². The number of hydrogen-bond donors (Lipinski definition) is 1. The zero-order chi connectivity index (χ0) is 16.8. The fourth-order valence-electron chi connectivity index (χ4n) is 2.01. The van der Waals surface area contributed by atoms with Crippen LogP contribution >= 0.6 is 0 Å². The van der Waals surface area contributed by atoms with E-state index in [4.69, 9.17) is 4.74 Å². The molecule has 0 heterocycles. The first kappa shape index (κ1) is 18.2. The Morgan fingerprint density at radius 1 is 1.27 bits per heavy atom. The van der Waals surface area contributed by atoms with Crippen LogP contribution in [0.25, 0.3) is 6.08 Å². The third kappa shape index (κ3) is 5.86. The predicted octanol–water partition coefficient (Wildman–Crippen LogP) is 3.84. The highest BCUT2D eigenvalue weighted by atomic mass is 16.6. The minimum Gasteiger partial charge on any atom is -0.459 e. The van der Waals surface area contributed by atoms with Gasteiger partial charge in [0, 0.05) is 5.92 Å². The number of esters is 1. The van der Waals surface area contributed by atoms with Crippen LogP contribution in [0, 0.1) is 11.8 Å². The van der Waals surface area contributed by atoms with E-state index in [1.54, 1.807) is 20.8 Å². The van der Waals surface area contributed by atoms with Gasteiger partial charge in [-0.05, 0) is 26.3 Å². The number of aliphatic hydroxyl groups excluding tert-OH is 1. The maximum Gasteiger partial charge on any atom is 0.315 e. The van der Waals surface area contributed by atoms with Crippen LogP contribution in [0.4, 0.5) is 0 Å². The maximum atomic E-state index is 12.1. The average molecular weight is 302 g/mol. The normalized spacial score (nSPS) is 16.0. The van der Waals surface area contributed by atoms with Gasteiger partial charge in [-0.15, -0.1) is 6.58 Å². The zero-order valence-corrected chi connectivity index (χ0v) is 13.8. The molecule has 3 atom stereocenters. The highest BCUT2D eigenvalue weighted by Gasteiger charge is 2.31. The Hall–Kier alpha value is -1.87. The Morgan fingerprint density at radius 3 is 2.36 bits per heavy atom. The summed E-state index contributed by atoms with van der Waals surface area (Å²) in [6.07, 6.45) is 4.41. The zero-order valence-electron chi connectivity index (χ0n) is 13.8. The number of hydrogen-bond acceptors (Lipinski definition) is 3. The Kier molecular flexibility index (Phi) is 6.57. The summed E-state index contributed by atoms with van der Waals surface area (Å²) in [5.74, 6) is -1.39. The van der Waals surface area contributed by atoms with Crippen LogP contribution in [0.15, 0.2) is 49.1 Å². The third-order valence-corrected chi connectivity index (χ3v) is 3.23. The Balaban J connectivity index is 2.74. The van der Waals surface area contributed by atoms with Crippen molar-refractivity contribution in [3.8, 4) is 0 Å². The van der Waals surface area contributed by atoms with Gasteiger partial charge in [0.15, 0.2) is 0 Å². The number of carbonyl (C=O) groups excluding carboxylic acids is 1. The number of aliphatic hydroxyl groups is 1. The number of carbonyl (C=O) groups is 1. The van der Waals surface area contributed by atoms with Gasteiger partial charge in [0.2, 0.25) is 0 Å². The topological polar surface area (TPSA) is 46.5 Å². The number of benzene rings is 1. The first-order chi connectivity index (χ1) is 10.2. The summed E-state index contributed by atoms with van der Waals surface area (Å²) >= 11 is 0. The van der Waals surface area contributed by atoms with E-state index in [0.717, 1.165) is 5.56 Å². The lowest BCUT2D eigenvalue weighted by Crippen LogP contribution is -2.36. The summed E-state index contributed by atoms with van der Waals surface area (Å²) in [7, 11) is 0. The molecule has 120 valence electrons. The van der Waals surface area contributed by atoms with Crippen LogP contribution in [0.2, 0.25) is 0 Å². The standard InChI is InChI=1S/C19H26O3/c1-6-16(18(21)22-19(3,4)5)17(20)14(2)12-13-15-10-8-7-9-11-15/h6-14,16-17,20H,1H2,2-5H3/b13-12+. The van der Waals surface area contributed by atoms with E-state index in [1.165, 1.54) is 6.08 Å². The molecule has 0 aliphatic carbocycles. The second-order valence-electron chi connectivity index (χ2n) is 6.41. The lowest BCUT2D eigenvalue weighted by Gasteiger charge is -2.26. The quantitative estimate of drug-likeness (QED) is 0.641. The highest BCUT2D eigenvalue weighted by Crippen LogP contribution is 2.21. The van der Waals surface area contributed by atoms with Crippen molar-refractivity contribution in [2.24, 2.45) is 11.8 Å². The van der Waals surface area contributed by atoms with Crippen LogP contribution in [0.3, 0.4) is 0 Å². The molecule has 22 heavy (non-hydrogen) atoms. The van der Waals surface area contributed by atoms with Gasteiger partial charge in [0.05, 0.1) is 6.10 Å². The Labute approximate surface area is 133 Å². The van der Waals surface area contributed by atoms with E-state index >= 15 is 0 Å². The van der Waals surface area contributed by atoms with Gasteiger partial charge in [0.25, 0.3) is 0 Å². The van der Waals surface area contributed by atoms with E-state index in [2.05, 4.69) is 6.58 Å². The molecule has 0 aliphatic heterocycles. The van der Waals surface area contributed by atoms with Gasteiger partial charge in [0.1, 0.15) is 11.5 Å². The first-order valence-corrected chi connectivity index (χ1v) is 7.51. The van der Waals surface area contributed by atoms with E-state index in [1.807, 2.05) is 49.4 Å². The van der Waals surface area contributed by atoms with Crippen LogP contribution < -0.4 is 0 Å². The fourth-order valence-corrected chi connectivity index (χ4v) is 2.01. The van der Waals surface area contributed by atoms with Crippen LogP contribution in [0.5, 0.6) is 0 Å². The Morgan fingerprint density at radius 2 is 1.86 bits per heavy atom. The summed E-state index contributed by atoms with van der Waals surface area (Å²) in [6.45, 7) is 10.9. The lowest BCUT2D eigenvalue weighted by atomic mass is 9.91.